The van der Waals surface area contributed by atoms with Crippen molar-refractivity contribution in [2.45, 2.75) is 51.6 Å². The van der Waals surface area contributed by atoms with Crippen LogP contribution in [0.5, 0.6) is 0 Å². The van der Waals surface area contributed by atoms with Crippen LogP contribution in [0.1, 0.15) is 39.5 Å². The fourth-order valence-corrected chi connectivity index (χ4v) is 5.65. The summed E-state index contributed by atoms with van der Waals surface area (Å²) in [4.78, 5) is 12.1. The molecule has 0 aromatic carbocycles. The second kappa shape index (κ2) is 3.46. The van der Waals surface area contributed by atoms with Crippen molar-refractivity contribution >= 4 is 6.03 Å². The van der Waals surface area contributed by atoms with Crippen LogP contribution in [0, 0.1) is 28.6 Å². The number of hydrogen-bond acceptors (Lipinski definition) is 2. The van der Waals surface area contributed by atoms with E-state index in [0.29, 0.717) is 29.2 Å². The van der Waals surface area contributed by atoms with E-state index in [1.807, 2.05) is 0 Å². The lowest BCUT2D eigenvalue weighted by Gasteiger charge is -2.43. The van der Waals surface area contributed by atoms with Crippen molar-refractivity contribution < 1.29 is 9.90 Å². The van der Waals surface area contributed by atoms with Crippen LogP contribution in [-0.4, -0.2) is 29.8 Å². The first-order valence-electron chi connectivity index (χ1n) is 7.64. The zero-order valence-corrected chi connectivity index (χ0v) is 11.8. The van der Waals surface area contributed by atoms with Gasteiger partial charge < -0.3 is 15.7 Å². The lowest BCUT2D eigenvalue weighted by molar-refractivity contribution is 0.126. The molecule has 0 saturated heterocycles. The summed E-state index contributed by atoms with van der Waals surface area (Å²) in [6.07, 6.45) is 4.58. The molecule has 4 nitrogen and oxygen atoms in total. The number of rotatable bonds is 3. The van der Waals surface area contributed by atoms with E-state index in [1.54, 1.807) is 0 Å². The van der Waals surface area contributed by atoms with Gasteiger partial charge in [-0.3, -0.25) is 0 Å². The molecule has 2 amide bonds. The first-order chi connectivity index (χ1) is 8.96. The molecule has 0 radical (unpaired) electrons. The van der Waals surface area contributed by atoms with E-state index < -0.39 is 0 Å². The van der Waals surface area contributed by atoms with Crippen LogP contribution in [-0.2, 0) is 0 Å². The molecule has 5 aliphatic rings. The van der Waals surface area contributed by atoms with Gasteiger partial charge in [0.2, 0.25) is 0 Å². The molecule has 5 saturated carbocycles. The number of carbonyl (C=O) groups excluding carboxylic acids is 1. The molecule has 5 fully saturated rings. The third-order valence-electron chi connectivity index (χ3n) is 6.41. The Kier molecular flexibility index (Phi) is 2.19. The highest BCUT2D eigenvalue weighted by Gasteiger charge is 2.79. The molecule has 19 heavy (non-hydrogen) atoms. The fourth-order valence-electron chi connectivity index (χ4n) is 5.65. The highest BCUT2D eigenvalue weighted by Crippen LogP contribution is 2.78. The smallest absolute Gasteiger partial charge is 0.315 e. The third-order valence-corrected chi connectivity index (χ3v) is 6.41. The topological polar surface area (TPSA) is 61.4 Å². The first-order valence-corrected chi connectivity index (χ1v) is 7.64. The Morgan fingerprint density at radius 2 is 1.84 bits per heavy atom. The molecule has 0 aromatic rings. The molecule has 4 heteroatoms. The Balaban J connectivity index is 1.34. The summed E-state index contributed by atoms with van der Waals surface area (Å²) >= 11 is 0. The van der Waals surface area contributed by atoms with Gasteiger partial charge in [0.25, 0.3) is 0 Å². The molecule has 0 aliphatic heterocycles. The van der Waals surface area contributed by atoms with Crippen molar-refractivity contribution in [2.24, 2.45) is 28.6 Å². The van der Waals surface area contributed by atoms with Gasteiger partial charge in [0.1, 0.15) is 0 Å². The second-order valence-corrected chi connectivity index (χ2v) is 8.08. The summed E-state index contributed by atoms with van der Waals surface area (Å²) in [5.74, 6) is 2.00. The normalized spacial score (nSPS) is 48.8. The lowest BCUT2D eigenvalue weighted by atomic mass is 9.68. The quantitative estimate of drug-likeness (QED) is 0.723. The zero-order valence-electron chi connectivity index (χ0n) is 11.8. The summed E-state index contributed by atoms with van der Waals surface area (Å²) in [6.45, 7) is 4.73. The van der Waals surface area contributed by atoms with E-state index in [0.717, 1.165) is 12.8 Å². The fraction of sp³-hybridized carbons (Fsp3) is 0.933. The molecule has 5 aliphatic carbocycles. The van der Waals surface area contributed by atoms with Gasteiger partial charge >= 0.3 is 6.03 Å². The van der Waals surface area contributed by atoms with Crippen LogP contribution in [0.3, 0.4) is 0 Å². The molecule has 3 N–H and O–H groups in total. The molecule has 3 atom stereocenters. The minimum Gasteiger partial charge on any atom is -0.396 e. The van der Waals surface area contributed by atoms with Crippen LogP contribution < -0.4 is 10.6 Å². The number of urea groups is 1. The minimum absolute atomic E-state index is 0.0171. The Morgan fingerprint density at radius 1 is 1.21 bits per heavy atom. The number of aliphatic hydroxyl groups is 1. The molecule has 0 aromatic heterocycles. The van der Waals surface area contributed by atoms with Gasteiger partial charge in [-0.25, -0.2) is 4.79 Å². The number of aliphatic hydroxyl groups excluding tert-OH is 1. The van der Waals surface area contributed by atoms with Crippen LogP contribution in [0.2, 0.25) is 0 Å². The van der Waals surface area contributed by atoms with Gasteiger partial charge in [0.05, 0.1) is 6.61 Å². The number of nitrogens with one attached hydrogen (secondary N) is 2. The van der Waals surface area contributed by atoms with Gasteiger partial charge in [-0.1, -0.05) is 13.8 Å². The van der Waals surface area contributed by atoms with Gasteiger partial charge in [0, 0.05) is 17.5 Å². The average Bonchev–Trinajstić information content (AvgIpc) is 2.69. The lowest BCUT2D eigenvalue weighted by Crippen LogP contribution is -2.54. The van der Waals surface area contributed by atoms with E-state index >= 15 is 0 Å². The summed E-state index contributed by atoms with van der Waals surface area (Å²) in [5.41, 5.74) is 0.446. The number of carbonyl (C=O) groups is 1. The molecular formula is C15H24N2O2. The molecular weight excluding hydrogens is 240 g/mol. The SMILES string of the molecule is CC1(C)CC(NC(=O)NC2C3CC4C(C3)C42CO)C1. The molecule has 5 rings (SSSR count). The van der Waals surface area contributed by atoms with Gasteiger partial charge in [-0.2, -0.15) is 0 Å². The standard InChI is InChI=1S/C15H24N2O2/c1-14(2)5-9(6-14)16-13(19)17-12-8-3-10-11(4-8)15(10,12)7-18/h8-12,18H,3-7H2,1-2H3,(H2,16,17,19). The highest BCUT2D eigenvalue weighted by atomic mass is 16.3. The predicted octanol–water partition coefficient (Wildman–Crippen LogP) is 1.49. The summed E-state index contributed by atoms with van der Waals surface area (Å²) in [5, 5.41) is 15.9. The highest BCUT2D eigenvalue weighted by molar-refractivity contribution is 5.75. The monoisotopic (exact) mass is 264 g/mol. The van der Waals surface area contributed by atoms with Crippen LogP contribution in [0.25, 0.3) is 0 Å². The number of hydrogen-bond donors (Lipinski definition) is 3. The molecule has 106 valence electrons. The minimum atomic E-state index is -0.0171. The second-order valence-electron chi connectivity index (χ2n) is 8.08. The van der Waals surface area contributed by atoms with Gasteiger partial charge in [0.15, 0.2) is 0 Å². The maximum Gasteiger partial charge on any atom is 0.315 e. The van der Waals surface area contributed by atoms with Crippen molar-refractivity contribution in [3.63, 3.8) is 0 Å². The van der Waals surface area contributed by atoms with Crippen molar-refractivity contribution in [2.75, 3.05) is 6.61 Å². The predicted molar refractivity (Wildman–Crippen MR) is 71.5 cm³/mol. The zero-order chi connectivity index (χ0) is 13.4. The summed E-state index contributed by atoms with van der Waals surface area (Å²) < 4.78 is 0. The van der Waals surface area contributed by atoms with E-state index in [9.17, 15) is 9.90 Å². The molecule has 4 bridgehead atoms. The Labute approximate surface area is 114 Å². The van der Waals surface area contributed by atoms with Crippen LogP contribution >= 0.6 is 0 Å². The van der Waals surface area contributed by atoms with Crippen LogP contribution in [0.4, 0.5) is 4.79 Å². The maximum absolute atomic E-state index is 12.1. The number of amides is 2. The van der Waals surface area contributed by atoms with Crippen molar-refractivity contribution in [1.29, 1.82) is 0 Å². The largest absolute Gasteiger partial charge is 0.396 e. The summed E-state index contributed by atoms with van der Waals surface area (Å²) in [6, 6.07) is 0.545. The van der Waals surface area contributed by atoms with E-state index in [4.69, 9.17) is 0 Å². The van der Waals surface area contributed by atoms with Crippen molar-refractivity contribution in [3.8, 4) is 0 Å². The first kappa shape index (κ1) is 12.0. The Morgan fingerprint density at radius 3 is 2.37 bits per heavy atom. The molecule has 3 unspecified atom stereocenters. The average molecular weight is 264 g/mol. The van der Waals surface area contributed by atoms with Gasteiger partial charge in [-0.15, -0.1) is 0 Å². The van der Waals surface area contributed by atoms with Crippen molar-refractivity contribution in [1.82, 2.24) is 10.6 Å². The molecule has 0 spiro atoms. The van der Waals surface area contributed by atoms with Crippen LogP contribution in [0.15, 0.2) is 0 Å². The van der Waals surface area contributed by atoms with Crippen molar-refractivity contribution in [3.05, 3.63) is 0 Å². The van der Waals surface area contributed by atoms with E-state index in [1.165, 1.54) is 12.8 Å². The molecule has 0 heterocycles. The third kappa shape index (κ3) is 1.47. The van der Waals surface area contributed by atoms with Gasteiger partial charge in [-0.05, 0) is 48.9 Å². The summed E-state index contributed by atoms with van der Waals surface area (Å²) in [7, 11) is 0. The maximum atomic E-state index is 12.1. The van der Waals surface area contributed by atoms with E-state index in [-0.39, 0.29) is 24.1 Å². The Hall–Kier alpha value is -0.770. The van der Waals surface area contributed by atoms with E-state index in [2.05, 4.69) is 24.5 Å². The Bertz CT molecular complexity index is 414.